The molecule has 1 aromatic heterocycles. The SMILES string of the molecule is O=C(NC1CCN2C(=O)N(CCCl)C(=O)C2C1)C1CCN(c2nccc(C(F)(F)F)n2)CC1. The van der Waals surface area contributed by atoms with Crippen molar-refractivity contribution in [3.05, 3.63) is 18.0 Å². The zero-order chi connectivity index (χ0) is 23.8. The normalized spacial score (nSPS) is 24.3. The van der Waals surface area contributed by atoms with Crippen molar-refractivity contribution in [3.8, 4) is 0 Å². The number of urea groups is 1. The average molecular weight is 489 g/mol. The molecule has 4 heterocycles. The van der Waals surface area contributed by atoms with Gasteiger partial charge in [-0.05, 0) is 31.7 Å². The number of imide groups is 1. The molecule has 0 spiro atoms. The number of carbonyl (C=O) groups is 3. The van der Waals surface area contributed by atoms with Crippen LogP contribution in [0.2, 0.25) is 0 Å². The molecule has 0 radical (unpaired) electrons. The molecule has 3 aliphatic heterocycles. The number of hydrogen-bond donors (Lipinski definition) is 1. The molecule has 3 fully saturated rings. The Kier molecular flexibility index (Phi) is 6.64. The summed E-state index contributed by atoms with van der Waals surface area (Å²) in [6.45, 7) is 1.27. The summed E-state index contributed by atoms with van der Waals surface area (Å²) in [5.74, 6) is -0.551. The van der Waals surface area contributed by atoms with Crippen molar-refractivity contribution in [2.45, 2.75) is 43.9 Å². The molecule has 13 heteroatoms. The summed E-state index contributed by atoms with van der Waals surface area (Å²) in [6, 6.07) is -0.317. The van der Waals surface area contributed by atoms with E-state index in [0.717, 1.165) is 17.2 Å². The van der Waals surface area contributed by atoms with E-state index in [0.29, 0.717) is 45.3 Å². The molecule has 180 valence electrons. The van der Waals surface area contributed by atoms with Gasteiger partial charge in [-0.2, -0.15) is 13.2 Å². The average Bonchev–Trinajstić information content (AvgIpc) is 3.03. The fourth-order valence-corrected chi connectivity index (χ4v) is 4.77. The van der Waals surface area contributed by atoms with E-state index >= 15 is 0 Å². The number of hydrogen-bond acceptors (Lipinski definition) is 6. The van der Waals surface area contributed by atoms with Gasteiger partial charge in [-0.1, -0.05) is 0 Å². The first-order valence-corrected chi connectivity index (χ1v) is 11.4. The minimum absolute atomic E-state index is 0.00182. The highest BCUT2D eigenvalue weighted by molar-refractivity contribution is 6.18. The van der Waals surface area contributed by atoms with Crippen molar-refractivity contribution >= 4 is 35.4 Å². The summed E-state index contributed by atoms with van der Waals surface area (Å²) in [5.41, 5.74) is -0.997. The second-order valence-electron chi connectivity index (χ2n) is 8.40. The van der Waals surface area contributed by atoms with Gasteiger partial charge in [0.2, 0.25) is 11.9 Å². The van der Waals surface area contributed by atoms with Crippen LogP contribution in [0.3, 0.4) is 0 Å². The third-order valence-corrected chi connectivity index (χ3v) is 6.54. The zero-order valence-electron chi connectivity index (χ0n) is 17.7. The van der Waals surface area contributed by atoms with Crippen LogP contribution in [0.25, 0.3) is 0 Å². The van der Waals surface area contributed by atoms with Crippen molar-refractivity contribution in [1.29, 1.82) is 0 Å². The highest BCUT2D eigenvalue weighted by Crippen LogP contribution is 2.30. The Bertz CT molecular complexity index is 925. The van der Waals surface area contributed by atoms with E-state index in [2.05, 4.69) is 15.3 Å². The van der Waals surface area contributed by atoms with Crippen molar-refractivity contribution in [2.24, 2.45) is 5.92 Å². The second-order valence-corrected chi connectivity index (χ2v) is 8.78. The molecule has 1 N–H and O–H groups in total. The van der Waals surface area contributed by atoms with E-state index < -0.39 is 17.9 Å². The van der Waals surface area contributed by atoms with Crippen molar-refractivity contribution < 1.29 is 27.6 Å². The number of amides is 4. The van der Waals surface area contributed by atoms with E-state index in [1.165, 1.54) is 4.90 Å². The van der Waals surface area contributed by atoms with Crippen LogP contribution in [0.15, 0.2) is 12.3 Å². The molecule has 33 heavy (non-hydrogen) atoms. The number of halogens is 4. The topological polar surface area (TPSA) is 98.7 Å². The molecule has 4 rings (SSSR count). The quantitative estimate of drug-likeness (QED) is 0.502. The van der Waals surface area contributed by atoms with Gasteiger partial charge in [-0.3, -0.25) is 14.5 Å². The van der Waals surface area contributed by atoms with Crippen LogP contribution < -0.4 is 10.2 Å². The van der Waals surface area contributed by atoms with Crippen LogP contribution in [0.1, 0.15) is 31.4 Å². The van der Waals surface area contributed by atoms with Gasteiger partial charge >= 0.3 is 12.2 Å². The first-order chi connectivity index (χ1) is 15.7. The fourth-order valence-electron chi connectivity index (χ4n) is 4.60. The lowest BCUT2D eigenvalue weighted by molar-refractivity contribution is -0.141. The number of piperidine rings is 2. The molecule has 3 saturated heterocycles. The van der Waals surface area contributed by atoms with Crippen molar-refractivity contribution in [2.75, 3.05) is 37.0 Å². The molecule has 1 aromatic rings. The predicted molar refractivity (Wildman–Crippen MR) is 111 cm³/mol. The minimum atomic E-state index is -4.54. The van der Waals surface area contributed by atoms with E-state index in [1.807, 2.05) is 0 Å². The maximum Gasteiger partial charge on any atom is 0.433 e. The highest BCUT2D eigenvalue weighted by atomic mass is 35.5. The van der Waals surface area contributed by atoms with Gasteiger partial charge in [0, 0.05) is 50.2 Å². The maximum absolute atomic E-state index is 12.9. The monoisotopic (exact) mass is 488 g/mol. The number of nitrogens with one attached hydrogen (secondary N) is 1. The number of rotatable bonds is 5. The molecule has 4 amide bonds. The predicted octanol–water partition coefficient (Wildman–Crippen LogP) is 1.86. The van der Waals surface area contributed by atoms with Crippen LogP contribution in [-0.4, -0.2) is 81.8 Å². The maximum atomic E-state index is 12.9. The Balaban J connectivity index is 1.30. The molecule has 9 nitrogen and oxygen atoms in total. The number of alkyl halides is 4. The summed E-state index contributed by atoms with van der Waals surface area (Å²) in [5, 5.41) is 2.99. The van der Waals surface area contributed by atoms with Crippen LogP contribution in [-0.2, 0) is 15.8 Å². The van der Waals surface area contributed by atoms with Gasteiger partial charge in [0.15, 0.2) is 0 Å². The molecule has 3 aliphatic rings. The molecule has 0 bridgehead atoms. The van der Waals surface area contributed by atoms with Gasteiger partial charge in [-0.25, -0.2) is 14.8 Å². The summed E-state index contributed by atoms with van der Waals surface area (Å²) < 4.78 is 38.7. The number of anilines is 1. The van der Waals surface area contributed by atoms with Crippen LogP contribution >= 0.6 is 11.6 Å². The summed E-state index contributed by atoms with van der Waals surface area (Å²) in [6.07, 6.45) is -1.65. The number of aromatic nitrogens is 2. The Hall–Kier alpha value is -2.63. The lowest BCUT2D eigenvalue weighted by atomic mass is 9.93. The molecule has 0 aromatic carbocycles. The minimum Gasteiger partial charge on any atom is -0.353 e. The van der Waals surface area contributed by atoms with Crippen LogP contribution in [0.4, 0.5) is 23.9 Å². The lowest BCUT2D eigenvalue weighted by Gasteiger charge is -2.35. The van der Waals surface area contributed by atoms with E-state index in [-0.39, 0.29) is 48.2 Å². The van der Waals surface area contributed by atoms with E-state index in [9.17, 15) is 27.6 Å². The molecule has 2 atom stereocenters. The first kappa shape index (κ1) is 23.5. The van der Waals surface area contributed by atoms with E-state index in [4.69, 9.17) is 11.6 Å². The highest BCUT2D eigenvalue weighted by Gasteiger charge is 2.48. The summed E-state index contributed by atoms with van der Waals surface area (Å²) >= 11 is 5.69. The smallest absolute Gasteiger partial charge is 0.353 e. The second kappa shape index (κ2) is 9.32. The fraction of sp³-hybridized carbons (Fsp3) is 0.650. The Morgan fingerprint density at radius 1 is 1.18 bits per heavy atom. The Labute approximate surface area is 193 Å². The number of nitrogens with zero attached hydrogens (tertiary/aromatic N) is 5. The molecule has 0 saturated carbocycles. The van der Waals surface area contributed by atoms with Gasteiger partial charge in [0.1, 0.15) is 11.7 Å². The molecule has 0 aliphatic carbocycles. The summed E-state index contributed by atoms with van der Waals surface area (Å²) in [4.78, 5) is 49.6. The number of fused-ring (bicyclic) bond motifs is 1. The zero-order valence-corrected chi connectivity index (χ0v) is 18.5. The lowest BCUT2D eigenvalue weighted by Crippen LogP contribution is -2.51. The Morgan fingerprint density at radius 2 is 1.91 bits per heavy atom. The molecular formula is C20H24ClF3N6O3. The molecule has 2 unspecified atom stereocenters. The van der Waals surface area contributed by atoms with Gasteiger partial charge < -0.3 is 15.1 Å². The van der Waals surface area contributed by atoms with Gasteiger partial charge in [0.25, 0.3) is 5.91 Å². The van der Waals surface area contributed by atoms with Crippen LogP contribution in [0, 0.1) is 5.92 Å². The standard InChI is InChI=1S/C20H24ClF3N6O3/c21-5-10-30-17(32)14-11-13(4-9-29(14)19(30)33)26-16(31)12-2-7-28(8-3-12)18-25-6-1-15(27-18)20(22,23)24/h1,6,12-14H,2-5,7-11H2,(H,26,31). The molecular weight excluding hydrogens is 465 g/mol. The third kappa shape index (κ3) is 4.85. The summed E-state index contributed by atoms with van der Waals surface area (Å²) in [7, 11) is 0. The van der Waals surface area contributed by atoms with Crippen LogP contribution in [0.5, 0.6) is 0 Å². The van der Waals surface area contributed by atoms with Crippen molar-refractivity contribution in [1.82, 2.24) is 25.1 Å². The third-order valence-electron chi connectivity index (χ3n) is 6.37. The Morgan fingerprint density at radius 3 is 2.58 bits per heavy atom. The van der Waals surface area contributed by atoms with E-state index in [1.54, 1.807) is 4.90 Å². The largest absolute Gasteiger partial charge is 0.433 e. The first-order valence-electron chi connectivity index (χ1n) is 10.8. The number of carbonyl (C=O) groups excluding carboxylic acids is 3. The van der Waals surface area contributed by atoms with Gasteiger partial charge in [0.05, 0.1) is 0 Å². The van der Waals surface area contributed by atoms with Crippen molar-refractivity contribution in [3.63, 3.8) is 0 Å². The van der Waals surface area contributed by atoms with Gasteiger partial charge in [-0.15, -0.1) is 11.6 Å².